The fraction of sp³-hybridized carbons (Fsp3) is 0.407. The molecule has 3 aromatic rings. The molecule has 0 radical (unpaired) electrons. The van der Waals surface area contributed by atoms with E-state index >= 15 is 0 Å². The van der Waals surface area contributed by atoms with Gasteiger partial charge in [0.15, 0.2) is 0 Å². The highest BCUT2D eigenvalue weighted by molar-refractivity contribution is 7.99. The van der Waals surface area contributed by atoms with Crippen LogP contribution in [0.4, 0.5) is 8.78 Å². The molecule has 1 aliphatic rings. The summed E-state index contributed by atoms with van der Waals surface area (Å²) in [5, 5.41) is 10.5. The first-order chi connectivity index (χ1) is 17.4. The van der Waals surface area contributed by atoms with Gasteiger partial charge in [-0.3, -0.25) is 9.78 Å². The largest absolute Gasteiger partial charge is 0.497 e. The van der Waals surface area contributed by atoms with Crippen LogP contribution in [-0.2, 0) is 4.79 Å². The number of carbonyl (C=O) groups is 1. The minimum atomic E-state index is -0.818. The first-order valence-corrected chi connectivity index (χ1v) is 13.1. The summed E-state index contributed by atoms with van der Waals surface area (Å²) in [4.78, 5) is 19.2. The number of nitrogens with two attached hydrogens (primary N) is 1. The number of hydrogen-bond donors (Lipinski definition) is 2. The number of benzene rings is 2. The lowest BCUT2D eigenvalue weighted by Gasteiger charge is -2.37. The zero-order valence-corrected chi connectivity index (χ0v) is 21.0. The number of rotatable bonds is 10. The second-order valence-electron chi connectivity index (χ2n) is 9.19. The molecule has 1 aliphatic heterocycles. The van der Waals surface area contributed by atoms with Gasteiger partial charge in [0, 0.05) is 40.7 Å². The Labute approximate surface area is 213 Å². The Morgan fingerprint density at radius 3 is 2.89 bits per heavy atom. The van der Waals surface area contributed by atoms with E-state index in [4.69, 9.17) is 10.5 Å². The molecule has 0 spiro atoms. The smallest absolute Gasteiger partial charge is 0.308 e. The molecular weight excluding hydrogens is 484 g/mol. The van der Waals surface area contributed by atoms with Crippen molar-refractivity contribution in [1.29, 1.82) is 0 Å². The Kier molecular flexibility index (Phi) is 8.77. The number of aliphatic carboxylic acids is 1. The predicted octanol–water partition coefficient (Wildman–Crippen LogP) is 5.12. The number of halogens is 2. The standard InChI is InChI=1S/C27H31F2N3O3S/c1-35-19-6-8-25-21(14-19)26(23(29)15-31-25)24(30)7-5-17-9-10-32(16-22(17)27(33)34)11-12-36-20-4-2-3-18(28)13-20/h2-4,6,8,13-15,17,22,24H,5,7,9-12,16,30H2,1H3,(H,33,34). The number of methoxy groups -OCH3 is 1. The molecule has 36 heavy (non-hydrogen) atoms. The molecule has 0 aliphatic carbocycles. The van der Waals surface area contributed by atoms with Gasteiger partial charge in [-0.1, -0.05) is 6.07 Å². The van der Waals surface area contributed by atoms with Crippen molar-refractivity contribution in [3.8, 4) is 5.75 Å². The van der Waals surface area contributed by atoms with Gasteiger partial charge in [0.25, 0.3) is 0 Å². The number of pyridine rings is 1. The minimum Gasteiger partial charge on any atom is -0.497 e. The van der Waals surface area contributed by atoms with Crippen LogP contribution in [0.1, 0.15) is 30.9 Å². The number of piperidine rings is 1. The first kappa shape index (κ1) is 26.3. The van der Waals surface area contributed by atoms with Crippen LogP contribution in [0.2, 0.25) is 0 Å². The van der Waals surface area contributed by atoms with Crippen LogP contribution in [0.15, 0.2) is 53.6 Å². The van der Waals surface area contributed by atoms with Gasteiger partial charge >= 0.3 is 5.97 Å². The summed E-state index contributed by atoms with van der Waals surface area (Å²) in [6, 6.07) is 11.2. The highest BCUT2D eigenvalue weighted by Gasteiger charge is 2.34. The minimum absolute atomic E-state index is 0.0358. The average molecular weight is 516 g/mol. The van der Waals surface area contributed by atoms with Gasteiger partial charge in [0.2, 0.25) is 0 Å². The molecule has 4 rings (SSSR count). The zero-order valence-electron chi connectivity index (χ0n) is 20.2. The molecule has 6 nitrogen and oxygen atoms in total. The van der Waals surface area contributed by atoms with Gasteiger partial charge in [0.05, 0.1) is 24.7 Å². The van der Waals surface area contributed by atoms with E-state index in [9.17, 15) is 18.7 Å². The van der Waals surface area contributed by atoms with Gasteiger partial charge in [-0.25, -0.2) is 8.78 Å². The van der Waals surface area contributed by atoms with Crippen molar-refractivity contribution in [2.45, 2.75) is 30.2 Å². The number of thioether (sulfide) groups is 1. The molecule has 0 amide bonds. The Bertz CT molecular complexity index is 1210. The number of aromatic nitrogens is 1. The van der Waals surface area contributed by atoms with Crippen molar-refractivity contribution in [1.82, 2.24) is 9.88 Å². The van der Waals surface area contributed by atoms with E-state index in [1.54, 1.807) is 43.1 Å². The normalized spacial score (nSPS) is 19.3. The van der Waals surface area contributed by atoms with Crippen LogP contribution in [-0.4, -0.2) is 53.5 Å². The highest BCUT2D eigenvalue weighted by atomic mass is 32.2. The molecular formula is C27H31F2N3O3S. The molecule has 192 valence electrons. The van der Waals surface area contributed by atoms with E-state index in [2.05, 4.69) is 9.88 Å². The molecule has 3 unspecified atom stereocenters. The Morgan fingerprint density at radius 2 is 2.14 bits per heavy atom. The number of carboxylic acids is 1. The summed E-state index contributed by atoms with van der Waals surface area (Å²) in [6.45, 7) is 1.98. The van der Waals surface area contributed by atoms with Gasteiger partial charge in [-0.2, -0.15) is 0 Å². The van der Waals surface area contributed by atoms with E-state index < -0.39 is 23.7 Å². The van der Waals surface area contributed by atoms with Gasteiger partial charge in [-0.05, 0) is 68.1 Å². The third-order valence-electron chi connectivity index (χ3n) is 6.92. The molecule has 2 aromatic carbocycles. The summed E-state index contributed by atoms with van der Waals surface area (Å²) in [6.07, 6.45) is 2.99. The van der Waals surface area contributed by atoms with E-state index in [1.807, 2.05) is 6.07 Å². The third kappa shape index (κ3) is 6.32. The van der Waals surface area contributed by atoms with E-state index in [-0.39, 0.29) is 11.7 Å². The number of fused-ring (bicyclic) bond motifs is 1. The average Bonchev–Trinajstić information content (AvgIpc) is 2.87. The fourth-order valence-electron chi connectivity index (χ4n) is 4.96. The molecule has 1 aromatic heterocycles. The van der Waals surface area contributed by atoms with Crippen LogP contribution in [0.3, 0.4) is 0 Å². The lowest BCUT2D eigenvalue weighted by Crippen LogP contribution is -2.44. The van der Waals surface area contributed by atoms with Gasteiger partial charge < -0.3 is 20.5 Å². The second-order valence-corrected chi connectivity index (χ2v) is 10.4. The summed E-state index contributed by atoms with van der Waals surface area (Å²) in [5.74, 6) is -0.745. The summed E-state index contributed by atoms with van der Waals surface area (Å²) >= 11 is 1.56. The quantitative estimate of drug-likeness (QED) is 0.363. The number of hydrogen-bond acceptors (Lipinski definition) is 6. The SMILES string of the molecule is COc1ccc2ncc(F)c(C(N)CCC3CCN(CCSc4cccc(F)c4)CC3C(=O)O)c2c1. The fourth-order valence-corrected chi connectivity index (χ4v) is 5.91. The molecule has 3 atom stereocenters. The summed E-state index contributed by atoms with van der Waals surface area (Å²) in [7, 11) is 1.55. The molecule has 0 saturated carbocycles. The Hall–Kier alpha value is -2.75. The maximum absolute atomic E-state index is 14.8. The third-order valence-corrected chi connectivity index (χ3v) is 7.89. The topological polar surface area (TPSA) is 88.7 Å². The van der Waals surface area contributed by atoms with Crippen LogP contribution >= 0.6 is 11.8 Å². The monoisotopic (exact) mass is 515 g/mol. The molecule has 1 fully saturated rings. The second kappa shape index (κ2) is 12.0. The summed E-state index contributed by atoms with van der Waals surface area (Å²) in [5.41, 5.74) is 7.48. The van der Waals surface area contributed by atoms with Crippen molar-refractivity contribution in [3.05, 3.63) is 65.9 Å². The number of likely N-dealkylation sites (tertiary alicyclic amines) is 1. The number of carboxylic acid groups (broad SMARTS) is 1. The van der Waals surface area contributed by atoms with Crippen LogP contribution in [0, 0.1) is 23.5 Å². The van der Waals surface area contributed by atoms with Crippen LogP contribution in [0.5, 0.6) is 5.75 Å². The van der Waals surface area contributed by atoms with E-state index in [0.717, 1.165) is 30.2 Å². The van der Waals surface area contributed by atoms with Crippen molar-refractivity contribution < 1.29 is 23.4 Å². The van der Waals surface area contributed by atoms with Crippen molar-refractivity contribution in [3.63, 3.8) is 0 Å². The molecule has 1 saturated heterocycles. The van der Waals surface area contributed by atoms with Crippen molar-refractivity contribution >= 4 is 28.6 Å². The first-order valence-electron chi connectivity index (χ1n) is 12.1. The van der Waals surface area contributed by atoms with Gasteiger partial charge in [-0.15, -0.1) is 11.8 Å². The Morgan fingerprint density at radius 1 is 1.31 bits per heavy atom. The van der Waals surface area contributed by atoms with Crippen LogP contribution < -0.4 is 10.5 Å². The molecule has 0 bridgehead atoms. The van der Waals surface area contributed by atoms with E-state index in [0.29, 0.717) is 41.6 Å². The number of ether oxygens (including phenoxy) is 1. The van der Waals surface area contributed by atoms with Crippen molar-refractivity contribution in [2.24, 2.45) is 17.6 Å². The maximum Gasteiger partial charge on any atom is 0.308 e. The van der Waals surface area contributed by atoms with E-state index in [1.165, 1.54) is 18.3 Å². The lowest BCUT2D eigenvalue weighted by atomic mass is 9.81. The molecule has 9 heteroatoms. The zero-order chi connectivity index (χ0) is 25.7. The Balaban J connectivity index is 1.36. The summed E-state index contributed by atoms with van der Waals surface area (Å²) < 4.78 is 33.4. The molecule has 3 N–H and O–H groups in total. The predicted molar refractivity (Wildman–Crippen MR) is 137 cm³/mol. The number of nitrogens with zero attached hydrogens (tertiary/aromatic N) is 2. The lowest BCUT2D eigenvalue weighted by molar-refractivity contribution is -0.146. The maximum atomic E-state index is 14.8. The highest BCUT2D eigenvalue weighted by Crippen LogP contribution is 2.34. The van der Waals surface area contributed by atoms with Crippen LogP contribution in [0.25, 0.3) is 10.9 Å². The molecule has 2 heterocycles. The van der Waals surface area contributed by atoms with Gasteiger partial charge in [0.1, 0.15) is 17.4 Å². The van der Waals surface area contributed by atoms with Crippen molar-refractivity contribution in [2.75, 3.05) is 32.5 Å².